The van der Waals surface area contributed by atoms with Gasteiger partial charge in [0.2, 0.25) is 23.5 Å². The Morgan fingerprint density at radius 3 is 2.09 bits per heavy atom. The summed E-state index contributed by atoms with van der Waals surface area (Å²) in [5.41, 5.74) is -2.27. The Bertz CT molecular complexity index is 1500. The molecular formula is C41H61N5O7. The number of nitrogens with zero attached hydrogens (tertiary/aromatic N) is 1. The van der Waals surface area contributed by atoms with Crippen LogP contribution >= 0.6 is 0 Å². The fraction of sp³-hybridized carbons (Fsp3) is 0.707. The molecule has 0 spiro atoms. The first-order valence-corrected chi connectivity index (χ1v) is 20.0. The summed E-state index contributed by atoms with van der Waals surface area (Å²) in [6, 6.07) is 4.48. The molecule has 0 unspecified atom stereocenters. The Labute approximate surface area is 314 Å². The van der Waals surface area contributed by atoms with Crippen molar-refractivity contribution in [3.63, 3.8) is 0 Å². The number of hydrogen-bond donors (Lipinski definition) is 5. The van der Waals surface area contributed by atoms with Crippen LogP contribution < -0.4 is 21.3 Å². The number of Topliss-reactive ketones (excluding diaryl/α,β-unsaturated/α-hetero) is 1. The van der Waals surface area contributed by atoms with E-state index in [1.807, 2.05) is 27.7 Å². The van der Waals surface area contributed by atoms with Crippen LogP contribution in [0, 0.1) is 17.3 Å². The van der Waals surface area contributed by atoms with E-state index in [1.165, 1.54) is 6.92 Å². The molecule has 5 amide bonds. The first-order chi connectivity index (χ1) is 25.1. The number of carbonyl (C=O) groups excluding carboxylic acids is 6. The second-order valence-electron chi connectivity index (χ2n) is 17.2. The van der Waals surface area contributed by atoms with Crippen molar-refractivity contribution >= 4 is 35.3 Å². The van der Waals surface area contributed by atoms with Gasteiger partial charge in [0.05, 0.1) is 6.04 Å². The quantitative estimate of drug-likeness (QED) is 0.181. The predicted octanol–water partition coefficient (Wildman–Crippen LogP) is 3.78. The molecule has 1 aromatic rings. The fourth-order valence-electron chi connectivity index (χ4n) is 8.55. The highest BCUT2D eigenvalue weighted by Gasteiger charge is 2.51. The molecule has 3 saturated carbocycles. The maximum Gasteiger partial charge on any atom is 0.289 e. The van der Waals surface area contributed by atoms with E-state index in [2.05, 4.69) is 21.3 Å². The minimum absolute atomic E-state index is 0.00286. The van der Waals surface area contributed by atoms with Gasteiger partial charge in [0, 0.05) is 12.1 Å². The molecule has 5 rings (SSSR count). The third kappa shape index (κ3) is 9.66. The SMILES string of the molecule is CCC[C@H](NC(=O)[C@@H]1C[C@@H]2CCCC[C@@H]2N1C(=O)[C@@H](NC(=O)[C@@H](NC(=O)[C@](C)(O)c1ccccc1)C1CCCCC1)C(C)(C)C)C(=O)C(=O)NC1CC1. The Hall–Kier alpha value is -3.80. The molecule has 1 aromatic carbocycles. The van der Waals surface area contributed by atoms with Crippen LogP contribution in [0.5, 0.6) is 0 Å². The maximum absolute atomic E-state index is 14.9. The molecule has 3 aliphatic carbocycles. The number of hydrogen-bond acceptors (Lipinski definition) is 7. The van der Waals surface area contributed by atoms with Crippen molar-refractivity contribution < 1.29 is 33.9 Å². The molecule has 53 heavy (non-hydrogen) atoms. The molecule has 12 heteroatoms. The summed E-state index contributed by atoms with van der Waals surface area (Å²) in [5, 5.41) is 22.8. The van der Waals surface area contributed by atoms with Gasteiger partial charge in [-0.3, -0.25) is 28.8 Å². The van der Waals surface area contributed by atoms with Crippen LogP contribution in [0.25, 0.3) is 0 Å². The van der Waals surface area contributed by atoms with Crippen LogP contribution in [0.3, 0.4) is 0 Å². The van der Waals surface area contributed by atoms with Crippen LogP contribution in [0.15, 0.2) is 30.3 Å². The van der Waals surface area contributed by atoms with Crippen LogP contribution in [0.1, 0.15) is 130 Å². The van der Waals surface area contributed by atoms with Gasteiger partial charge in [0.1, 0.15) is 18.1 Å². The van der Waals surface area contributed by atoms with Crippen molar-refractivity contribution in [3.8, 4) is 0 Å². The number of rotatable bonds is 14. The van der Waals surface area contributed by atoms with Gasteiger partial charge < -0.3 is 31.3 Å². The lowest BCUT2D eigenvalue weighted by atomic mass is 9.81. The summed E-state index contributed by atoms with van der Waals surface area (Å²) >= 11 is 0. The summed E-state index contributed by atoms with van der Waals surface area (Å²) in [4.78, 5) is 84.7. The lowest BCUT2D eigenvalue weighted by Crippen LogP contribution is -2.63. The first-order valence-electron chi connectivity index (χ1n) is 20.0. The summed E-state index contributed by atoms with van der Waals surface area (Å²) in [7, 11) is 0. The van der Waals surface area contributed by atoms with Gasteiger partial charge in [-0.1, -0.05) is 96.6 Å². The minimum atomic E-state index is -1.89. The van der Waals surface area contributed by atoms with E-state index in [0.717, 1.165) is 57.8 Å². The zero-order chi connectivity index (χ0) is 38.5. The third-order valence-electron chi connectivity index (χ3n) is 11.9. The largest absolute Gasteiger partial charge is 0.376 e. The minimum Gasteiger partial charge on any atom is -0.376 e. The number of carbonyl (C=O) groups is 6. The van der Waals surface area contributed by atoms with Crippen LogP contribution in [-0.2, 0) is 34.4 Å². The second kappa shape index (κ2) is 17.1. The zero-order valence-corrected chi connectivity index (χ0v) is 32.2. The average molecular weight is 736 g/mol. The number of amides is 5. The normalized spacial score (nSPS) is 24.8. The van der Waals surface area contributed by atoms with Crippen molar-refractivity contribution in [2.75, 3.05) is 0 Å². The van der Waals surface area contributed by atoms with Crippen molar-refractivity contribution in [2.45, 2.75) is 166 Å². The monoisotopic (exact) mass is 735 g/mol. The highest BCUT2D eigenvalue weighted by atomic mass is 16.3. The topological polar surface area (TPSA) is 174 Å². The number of ketones is 1. The smallest absolute Gasteiger partial charge is 0.289 e. The van der Waals surface area contributed by atoms with Gasteiger partial charge in [-0.15, -0.1) is 0 Å². The molecule has 0 bridgehead atoms. The van der Waals surface area contributed by atoms with Gasteiger partial charge in [-0.05, 0) is 81.1 Å². The maximum atomic E-state index is 14.9. The van der Waals surface area contributed by atoms with Gasteiger partial charge in [-0.2, -0.15) is 0 Å². The van der Waals surface area contributed by atoms with Crippen LogP contribution in [0.4, 0.5) is 0 Å². The fourth-order valence-corrected chi connectivity index (χ4v) is 8.55. The molecule has 4 aliphatic rings. The molecule has 5 N–H and O–H groups in total. The zero-order valence-electron chi connectivity index (χ0n) is 32.2. The van der Waals surface area contributed by atoms with E-state index >= 15 is 0 Å². The molecular weight excluding hydrogens is 674 g/mol. The summed E-state index contributed by atoms with van der Waals surface area (Å²) in [6.45, 7) is 8.88. The number of fused-ring (bicyclic) bond motifs is 1. The number of likely N-dealkylation sites (tertiary alicyclic amines) is 1. The van der Waals surface area contributed by atoms with E-state index in [4.69, 9.17) is 0 Å². The van der Waals surface area contributed by atoms with E-state index < -0.39 is 64.6 Å². The molecule has 292 valence electrons. The average Bonchev–Trinajstić information content (AvgIpc) is 3.87. The van der Waals surface area contributed by atoms with Gasteiger partial charge in [-0.25, -0.2) is 0 Å². The van der Waals surface area contributed by atoms with Crippen molar-refractivity contribution in [1.82, 2.24) is 26.2 Å². The van der Waals surface area contributed by atoms with Gasteiger partial charge in [0.25, 0.3) is 11.8 Å². The number of benzene rings is 1. The Kier molecular flexibility index (Phi) is 13.0. The van der Waals surface area contributed by atoms with Gasteiger partial charge in [0.15, 0.2) is 5.60 Å². The molecule has 0 radical (unpaired) electrons. The molecule has 1 aliphatic heterocycles. The van der Waals surface area contributed by atoms with Crippen molar-refractivity contribution in [1.29, 1.82) is 0 Å². The lowest BCUT2D eigenvalue weighted by Gasteiger charge is -2.41. The molecule has 1 saturated heterocycles. The van der Waals surface area contributed by atoms with E-state index in [0.29, 0.717) is 37.7 Å². The molecule has 4 fully saturated rings. The molecule has 0 aromatic heterocycles. The number of aliphatic hydroxyl groups is 1. The lowest BCUT2D eigenvalue weighted by molar-refractivity contribution is -0.148. The van der Waals surface area contributed by atoms with Crippen LogP contribution in [-0.4, -0.2) is 81.6 Å². The van der Waals surface area contributed by atoms with Crippen LogP contribution in [0.2, 0.25) is 0 Å². The van der Waals surface area contributed by atoms with E-state index in [-0.39, 0.29) is 29.8 Å². The van der Waals surface area contributed by atoms with E-state index in [1.54, 1.807) is 35.2 Å². The third-order valence-corrected chi connectivity index (χ3v) is 11.9. The molecule has 7 atom stereocenters. The van der Waals surface area contributed by atoms with E-state index in [9.17, 15) is 33.9 Å². The highest BCUT2D eigenvalue weighted by molar-refractivity contribution is 6.38. The Morgan fingerprint density at radius 1 is 0.830 bits per heavy atom. The first kappa shape index (κ1) is 40.4. The van der Waals surface area contributed by atoms with Crippen molar-refractivity contribution in [2.24, 2.45) is 17.3 Å². The predicted molar refractivity (Wildman–Crippen MR) is 200 cm³/mol. The van der Waals surface area contributed by atoms with Gasteiger partial charge >= 0.3 is 0 Å². The summed E-state index contributed by atoms with van der Waals surface area (Å²) in [5.74, 6) is -3.51. The second-order valence-corrected chi connectivity index (χ2v) is 17.2. The highest BCUT2D eigenvalue weighted by Crippen LogP contribution is 2.41. The summed E-state index contributed by atoms with van der Waals surface area (Å²) < 4.78 is 0. The number of nitrogens with one attached hydrogen (secondary N) is 4. The Morgan fingerprint density at radius 2 is 1.47 bits per heavy atom. The Balaban J connectivity index is 1.39. The molecule has 1 heterocycles. The molecule has 12 nitrogen and oxygen atoms in total. The summed E-state index contributed by atoms with van der Waals surface area (Å²) in [6.07, 6.45) is 10.7. The van der Waals surface area contributed by atoms with Crippen molar-refractivity contribution in [3.05, 3.63) is 35.9 Å². The standard InChI is InChI=1S/C41H61N5O7/c1-6-15-29(33(47)37(50)42-28-22-23-28)43-35(48)31-24-26-18-13-14-21-30(26)46(31)38(51)34(40(2,3)4)45-36(49)32(25-16-9-7-10-17-25)44-39(52)41(5,53)27-19-11-8-12-20-27/h8,11-12,19-20,25-26,28-32,34,53H,6-7,9-10,13-18,21-24H2,1-5H3,(H,42,50)(H,43,48)(H,44,52)(H,45,49)/t26-,29-,30-,31-,32-,34+,41+/m0/s1.